The van der Waals surface area contributed by atoms with Crippen LogP contribution in [0.3, 0.4) is 0 Å². The van der Waals surface area contributed by atoms with Crippen molar-refractivity contribution in [1.82, 2.24) is 10.4 Å². The van der Waals surface area contributed by atoms with Crippen molar-refractivity contribution < 1.29 is 41.2 Å². The van der Waals surface area contributed by atoms with Crippen molar-refractivity contribution in [3.05, 3.63) is 0 Å². The highest BCUT2D eigenvalue weighted by molar-refractivity contribution is 7.86. The fourth-order valence-corrected chi connectivity index (χ4v) is 3.81. The van der Waals surface area contributed by atoms with Gasteiger partial charge in [-0.15, -0.1) is 0 Å². The van der Waals surface area contributed by atoms with Gasteiger partial charge in [0.15, 0.2) is 5.54 Å². The molecule has 2 amide bonds. The Balaban J connectivity index is 3.27. The van der Waals surface area contributed by atoms with Gasteiger partial charge in [-0.3, -0.25) is 4.18 Å². The van der Waals surface area contributed by atoms with E-state index in [0.29, 0.717) is 6.42 Å². The second-order valence-corrected chi connectivity index (χ2v) is 11.6. The molecule has 32 heavy (non-hydrogen) atoms. The molecular formula is C20H36N2O9S. The van der Waals surface area contributed by atoms with Crippen LogP contribution in [0.4, 0.5) is 9.59 Å². The predicted molar refractivity (Wildman–Crippen MR) is 115 cm³/mol. The highest BCUT2D eigenvalue weighted by Gasteiger charge is 2.55. The number of hydrogen-bond acceptors (Lipinski definition) is 9. The molecule has 0 bridgehead atoms. The lowest BCUT2D eigenvalue weighted by molar-refractivity contribution is -0.157. The van der Waals surface area contributed by atoms with Crippen molar-refractivity contribution in [2.24, 2.45) is 5.92 Å². The lowest BCUT2D eigenvalue weighted by Gasteiger charge is -2.39. The molecule has 1 rings (SSSR count). The van der Waals surface area contributed by atoms with Crippen LogP contribution in [-0.2, 0) is 33.3 Å². The van der Waals surface area contributed by atoms with Crippen LogP contribution in [0.25, 0.3) is 0 Å². The molecule has 2 atom stereocenters. The van der Waals surface area contributed by atoms with Gasteiger partial charge in [-0.25, -0.2) is 19.8 Å². The molecule has 1 aliphatic carbocycles. The summed E-state index contributed by atoms with van der Waals surface area (Å²) in [7, 11) is -2.52. The van der Waals surface area contributed by atoms with Crippen LogP contribution in [-0.4, -0.2) is 67.8 Å². The molecule has 0 heterocycles. The summed E-state index contributed by atoms with van der Waals surface area (Å²) in [5, 5.41) is 0.798. The van der Waals surface area contributed by atoms with Crippen molar-refractivity contribution in [2.45, 2.75) is 84.5 Å². The van der Waals surface area contributed by atoms with E-state index >= 15 is 0 Å². The lowest BCUT2D eigenvalue weighted by Crippen LogP contribution is -2.64. The number of rotatable bonds is 6. The number of carbonyl (C=O) groups is 3. The summed E-state index contributed by atoms with van der Waals surface area (Å²) in [5.41, 5.74) is -1.07. The molecule has 0 saturated heterocycles. The minimum Gasteiger partial charge on any atom is -0.467 e. The molecule has 1 fully saturated rings. The first-order chi connectivity index (χ1) is 14.4. The number of carbonyl (C=O) groups excluding carboxylic acids is 3. The van der Waals surface area contributed by atoms with Crippen LogP contribution in [0, 0.1) is 5.92 Å². The van der Waals surface area contributed by atoms with Crippen molar-refractivity contribution >= 4 is 28.3 Å². The van der Waals surface area contributed by atoms with E-state index in [0.717, 1.165) is 12.1 Å². The number of nitrogens with zero attached hydrogens (tertiary/aromatic N) is 1. The quantitative estimate of drug-likeness (QED) is 0.263. The molecule has 11 nitrogen and oxygen atoms in total. The Hall–Kier alpha value is -2.08. The smallest absolute Gasteiger partial charge is 0.430 e. The van der Waals surface area contributed by atoms with Gasteiger partial charge in [0, 0.05) is 0 Å². The average Bonchev–Trinajstić information content (AvgIpc) is 3.06. The second-order valence-electron chi connectivity index (χ2n) is 9.69. The number of amides is 2. The summed E-state index contributed by atoms with van der Waals surface area (Å²) in [4.78, 5) is 38.4. The van der Waals surface area contributed by atoms with Gasteiger partial charge >= 0.3 is 18.2 Å². The zero-order valence-electron chi connectivity index (χ0n) is 20.1. The van der Waals surface area contributed by atoms with Crippen LogP contribution < -0.4 is 5.43 Å². The molecule has 0 aromatic heterocycles. The van der Waals surface area contributed by atoms with Crippen LogP contribution >= 0.6 is 0 Å². The van der Waals surface area contributed by atoms with E-state index in [4.69, 9.17) is 18.4 Å². The molecule has 0 aromatic rings. The van der Waals surface area contributed by atoms with Gasteiger partial charge in [-0.05, 0) is 73.6 Å². The Morgan fingerprint density at radius 3 is 2.09 bits per heavy atom. The van der Waals surface area contributed by atoms with Crippen molar-refractivity contribution in [1.29, 1.82) is 0 Å². The molecular weight excluding hydrogens is 444 g/mol. The fraction of sp³-hybridized carbons (Fsp3) is 0.850. The molecule has 1 saturated carbocycles. The Kier molecular flexibility index (Phi) is 8.95. The third kappa shape index (κ3) is 8.12. The monoisotopic (exact) mass is 480 g/mol. The maximum Gasteiger partial charge on any atom is 0.430 e. The summed E-state index contributed by atoms with van der Waals surface area (Å²) in [5.74, 6) is -1.35. The average molecular weight is 481 g/mol. The van der Waals surface area contributed by atoms with Gasteiger partial charge in [0.2, 0.25) is 0 Å². The van der Waals surface area contributed by atoms with Gasteiger partial charge in [0.1, 0.15) is 11.2 Å². The van der Waals surface area contributed by atoms with Gasteiger partial charge in [0.25, 0.3) is 10.1 Å². The van der Waals surface area contributed by atoms with E-state index in [2.05, 4.69) is 5.43 Å². The molecule has 0 spiro atoms. The Labute approximate surface area is 190 Å². The number of hydrazine groups is 1. The first-order valence-corrected chi connectivity index (χ1v) is 12.0. The molecule has 1 aliphatic rings. The molecule has 186 valence electrons. The third-order valence-electron chi connectivity index (χ3n) is 4.60. The maximum atomic E-state index is 13.0. The van der Waals surface area contributed by atoms with E-state index in [-0.39, 0.29) is 31.1 Å². The van der Waals surface area contributed by atoms with Crippen LogP contribution in [0.1, 0.15) is 67.7 Å². The van der Waals surface area contributed by atoms with Gasteiger partial charge in [0.05, 0.1) is 19.5 Å². The minimum absolute atomic E-state index is 0.00600. The number of esters is 1. The summed E-state index contributed by atoms with van der Waals surface area (Å²) < 4.78 is 44.0. The van der Waals surface area contributed by atoms with E-state index in [1.54, 1.807) is 41.5 Å². The maximum absolute atomic E-state index is 13.0. The van der Waals surface area contributed by atoms with Gasteiger partial charge < -0.3 is 14.2 Å². The summed E-state index contributed by atoms with van der Waals surface area (Å²) in [6.07, 6.45) is -1.50. The third-order valence-corrected chi connectivity index (χ3v) is 5.80. The normalized spacial score (nSPS) is 21.6. The fourth-order valence-electron chi connectivity index (χ4n) is 3.25. The second kappa shape index (κ2) is 10.2. The first kappa shape index (κ1) is 28.0. The minimum atomic E-state index is -3.68. The van der Waals surface area contributed by atoms with E-state index in [9.17, 15) is 22.8 Å². The Morgan fingerprint density at radius 1 is 1.06 bits per heavy atom. The molecule has 2 unspecified atom stereocenters. The Bertz CT molecular complexity index is 799. The largest absolute Gasteiger partial charge is 0.467 e. The standard InChI is InChI=1S/C20H36N2O9S/c1-9-32(26,27)29-13-14-10-11-20(12-14,15(23)28-8)22(17(25)31-19(5,6)7)21-16(24)30-18(2,3)4/h14H,9-13H2,1-8H3,(H,21,24). The summed E-state index contributed by atoms with van der Waals surface area (Å²) in [6.45, 7) is 11.2. The molecule has 1 N–H and O–H groups in total. The van der Waals surface area contributed by atoms with Crippen molar-refractivity contribution in [3.8, 4) is 0 Å². The van der Waals surface area contributed by atoms with Crippen LogP contribution in [0.2, 0.25) is 0 Å². The highest BCUT2D eigenvalue weighted by atomic mass is 32.2. The molecule has 12 heteroatoms. The lowest BCUT2D eigenvalue weighted by atomic mass is 9.95. The van der Waals surface area contributed by atoms with Crippen LogP contribution in [0.5, 0.6) is 0 Å². The highest BCUT2D eigenvalue weighted by Crippen LogP contribution is 2.40. The summed E-state index contributed by atoms with van der Waals surface area (Å²) >= 11 is 0. The molecule has 0 aromatic carbocycles. The number of ether oxygens (including phenoxy) is 3. The Morgan fingerprint density at radius 2 is 1.62 bits per heavy atom. The number of nitrogens with one attached hydrogen (secondary N) is 1. The van der Waals surface area contributed by atoms with E-state index in [1.807, 2.05) is 0 Å². The SMILES string of the molecule is CCS(=O)(=O)OCC1CCC(C(=O)OC)(N(NC(=O)OC(C)(C)C)C(=O)OC(C)(C)C)C1. The summed E-state index contributed by atoms with van der Waals surface area (Å²) in [6, 6.07) is 0. The topological polar surface area (TPSA) is 138 Å². The predicted octanol–water partition coefficient (Wildman–Crippen LogP) is 2.74. The van der Waals surface area contributed by atoms with Crippen molar-refractivity contribution in [3.63, 3.8) is 0 Å². The zero-order valence-corrected chi connectivity index (χ0v) is 21.0. The van der Waals surface area contributed by atoms with Crippen LogP contribution in [0.15, 0.2) is 0 Å². The zero-order chi connectivity index (χ0) is 25.0. The van der Waals surface area contributed by atoms with Gasteiger partial charge in [-0.2, -0.15) is 13.4 Å². The molecule has 0 radical (unpaired) electrons. The first-order valence-electron chi connectivity index (χ1n) is 10.4. The van der Waals surface area contributed by atoms with E-state index < -0.39 is 45.0 Å². The van der Waals surface area contributed by atoms with Crippen molar-refractivity contribution in [2.75, 3.05) is 19.5 Å². The number of methoxy groups -OCH3 is 1. The molecule has 0 aliphatic heterocycles. The number of hydrogen-bond donors (Lipinski definition) is 1. The van der Waals surface area contributed by atoms with Gasteiger partial charge in [-0.1, -0.05) is 0 Å². The van der Waals surface area contributed by atoms with E-state index in [1.165, 1.54) is 6.92 Å².